The summed E-state index contributed by atoms with van der Waals surface area (Å²) in [5, 5.41) is 10.5. The molecule has 0 aromatic heterocycles. The van der Waals surface area contributed by atoms with Crippen molar-refractivity contribution < 1.29 is 14.6 Å². The molecule has 20 heavy (non-hydrogen) atoms. The summed E-state index contributed by atoms with van der Waals surface area (Å²) >= 11 is 0. The Balaban J connectivity index is 2.72. The maximum atomic E-state index is 12.2. The van der Waals surface area contributed by atoms with E-state index < -0.39 is 11.6 Å². The van der Waals surface area contributed by atoms with Crippen LogP contribution in [-0.4, -0.2) is 16.7 Å². The van der Waals surface area contributed by atoms with Crippen LogP contribution in [0.4, 0.5) is 0 Å². The number of carbonyl (C=O) groups is 1. The first-order chi connectivity index (χ1) is 9.18. The van der Waals surface area contributed by atoms with Gasteiger partial charge in [0.2, 0.25) is 0 Å². The molecule has 1 heterocycles. The Kier molecular flexibility index (Phi) is 3.24. The molecule has 0 aliphatic carbocycles. The van der Waals surface area contributed by atoms with Crippen LogP contribution in [0.1, 0.15) is 36.1 Å². The van der Waals surface area contributed by atoms with E-state index in [0.717, 1.165) is 22.3 Å². The largest absolute Gasteiger partial charge is 0.507 e. The predicted molar refractivity (Wildman–Crippen MR) is 79.5 cm³/mol. The third kappa shape index (κ3) is 1.94. The molecule has 0 fully saturated rings. The highest BCUT2D eigenvalue weighted by Crippen LogP contribution is 2.41. The maximum absolute atomic E-state index is 12.2. The first-order valence-corrected chi connectivity index (χ1v) is 6.59. The van der Waals surface area contributed by atoms with E-state index in [0.29, 0.717) is 5.57 Å². The van der Waals surface area contributed by atoms with E-state index in [4.69, 9.17) is 4.74 Å². The molecule has 0 spiro atoms. The minimum absolute atomic E-state index is 0.0509. The van der Waals surface area contributed by atoms with Crippen LogP contribution in [-0.2, 0) is 9.53 Å². The second-order valence-corrected chi connectivity index (χ2v) is 5.70. The number of hydrogen-bond donors (Lipinski definition) is 1. The molecule has 1 aliphatic heterocycles. The van der Waals surface area contributed by atoms with E-state index in [9.17, 15) is 9.90 Å². The van der Waals surface area contributed by atoms with Crippen LogP contribution >= 0.6 is 0 Å². The van der Waals surface area contributed by atoms with Crippen molar-refractivity contribution in [1.29, 1.82) is 0 Å². The van der Waals surface area contributed by atoms with Crippen molar-refractivity contribution >= 4 is 11.5 Å². The number of aliphatic hydroxyl groups is 1. The van der Waals surface area contributed by atoms with Crippen LogP contribution < -0.4 is 0 Å². The molecule has 0 saturated carbocycles. The highest BCUT2D eigenvalue weighted by atomic mass is 16.6. The molecule has 1 aliphatic rings. The lowest BCUT2D eigenvalue weighted by molar-refractivity contribution is -0.142. The van der Waals surface area contributed by atoms with Gasteiger partial charge in [-0.05, 0) is 56.9 Å². The lowest BCUT2D eigenvalue weighted by Crippen LogP contribution is -2.28. The molecule has 0 bridgehead atoms. The van der Waals surface area contributed by atoms with E-state index in [1.807, 2.05) is 32.9 Å². The average molecular weight is 272 g/mol. The van der Waals surface area contributed by atoms with Crippen LogP contribution in [0.3, 0.4) is 0 Å². The molecule has 1 aromatic carbocycles. The van der Waals surface area contributed by atoms with E-state index in [2.05, 4.69) is 6.58 Å². The van der Waals surface area contributed by atoms with Gasteiger partial charge < -0.3 is 9.84 Å². The normalized spacial score (nSPS) is 22.1. The van der Waals surface area contributed by atoms with Crippen LogP contribution in [0.25, 0.3) is 5.57 Å². The lowest BCUT2D eigenvalue weighted by Gasteiger charge is -2.23. The van der Waals surface area contributed by atoms with Gasteiger partial charge in [0.15, 0.2) is 11.4 Å². The van der Waals surface area contributed by atoms with Crippen molar-refractivity contribution in [2.75, 3.05) is 0 Å². The second-order valence-electron chi connectivity index (χ2n) is 5.70. The number of ether oxygens (including phenoxy) is 1. The summed E-state index contributed by atoms with van der Waals surface area (Å²) in [5.74, 6) is -0.548. The molecule has 1 atom stereocenters. The molecule has 0 saturated heterocycles. The van der Waals surface area contributed by atoms with Crippen molar-refractivity contribution in [3.05, 3.63) is 52.3 Å². The summed E-state index contributed by atoms with van der Waals surface area (Å²) < 4.78 is 5.37. The van der Waals surface area contributed by atoms with E-state index in [1.54, 1.807) is 13.8 Å². The number of carbonyl (C=O) groups excluding carboxylic acids is 1. The minimum Gasteiger partial charge on any atom is -0.507 e. The fourth-order valence-electron chi connectivity index (χ4n) is 2.70. The average Bonchev–Trinajstić information content (AvgIpc) is 2.52. The third-order valence-corrected chi connectivity index (χ3v) is 3.93. The summed E-state index contributed by atoms with van der Waals surface area (Å²) in [7, 11) is 0. The van der Waals surface area contributed by atoms with Crippen molar-refractivity contribution in [2.45, 2.75) is 40.2 Å². The molecule has 0 amide bonds. The molecular formula is C17H20O3. The van der Waals surface area contributed by atoms with Crippen LogP contribution in [0.2, 0.25) is 0 Å². The van der Waals surface area contributed by atoms with E-state index in [-0.39, 0.29) is 11.3 Å². The predicted octanol–water partition coefficient (Wildman–Crippen LogP) is 3.77. The number of benzene rings is 1. The third-order valence-electron chi connectivity index (χ3n) is 3.93. The Morgan fingerprint density at radius 3 is 2.15 bits per heavy atom. The zero-order chi connectivity index (χ0) is 15.2. The van der Waals surface area contributed by atoms with Gasteiger partial charge in [0.05, 0.1) is 0 Å². The number of aliphatic hydroxyl groups excluding tert-OH is 1. The minimum atomic E-state index is -1.13. The van der Waals surface area contributed by atoms with Crippen molar-refractivity contribution in [3.63, 3.8) is 0 Å². The monoisotopic (exact) mass is 272 g/mol. The topological polar surface area (TPSA) is 46.5 Å². The SMILES string of the molecule is C=C(C)C1(C)OC(=O)C(c2c(C)cc(C)cc2C)=C1O. The van der Waals surface area contributed by atoms with Crippen molar-refractivity contribution in [1.82, 2.24) is 0 Å². The number of hydrogen-bond acceptors (Lipinski definition) is 3. The zero-order valence-electron chi connectivity index (χ0n) is 12.6. The zero-order valence-corrected chi connectivity index (χ0v) is 12.6. The van der Waals surface area contributed by atoms with Gasteiger partial charge in [0.25, 0.3) is 0 Å². The molecule has 1 aromatic rings. The van der Waals surface area contributed by atoms with Gasteiger partial charge in [-0.1, -0.05) is 24.3 Å². The molecule has 3 nitrogen and oxygen atoms in total. The molecule has 2 rings (SSSR count). The molecule has 0 radical (unpaired) electrons. The maximum Gasteiger partial charge on any atom is 0.343 e. The molecule has 106 valence electrons. The summed E-state index contributed by atoms with van der Waals surface area (Å²) in [4.78, 5) is 12.2. The first-order valence-electron chi connectivity index (χ1n) is 6.59. The lowest BCUT2D eigenvalue weighted by atomic mass is 9.89. The number of aryl methyl sites for hydroxylation is 3. The van der Waals surface area contributed by atoms with Gasteiger partial charge in [-0.15, -0.1) is 0 Å². The Morgan fingerprint density at radius 1 is 1.25 bits per heavy atom. The van der Waals surface area contributed by atoms with E-state index in [1.165, 1.54) is 0 Å². The van der Waals surface area contributed by atoms with E-state index >= 15 is 0 Å². The number of rotatable bonds is 2. The quantitative estimate of drug-likeness (QED) is 0.658. The highest BCUT2D eigenvalue weighted by molar-refractivity contribution is 6.20. The summed E-state index contributed by atoms with van der Waals surface area (Å²) in [5.41, 5.74) is 3.50. The van der Waals surface area contributed by atoms with Gasteiger partial charge in [-0.25, -0.2) is 4.79 Å². The van der Waals surface area contributed by atoms with Crippen molar-refractivity contribution in [2.24, 2.45) is 0 Å². The second kappa shape index (κ2) is 4.51. The Hall–Kier alpha value is -2.03. The van der Waals surface area contributed by atoms with Crippen molar-refractivity contribution in [3.8, 4) is 0 Å². The van der Waals surface area contributed by atoms with Gasteiger partial charge in [0.1, 0.15) is 5.57 Å². The Morgan fingerprint density at radius 2 is 1.75 bits per heavy atom. The summed E-state index contributed by atoms with van der Waals surface area (Å²) in [6.45, 7) is 13.1. The summed E-state index contributed by atoms with van der Waals surface area (Å²) in [6.07, 6.45) is 0. The van der Waals surface area contributed by atoms with Crippen LogP contribution in [0.5, 0.6) is 0 Å². The van der Waals surface area contributed by atoms with Gasteiger partial charge >= 0.3 is 5.97 Å². The fraction of sp³-hybridized carbons (Fsp3) is 0.353. The first kappa shape index (κ1) is 14.4. The molecular weight excluding hydrogens is 252 g/mol. The highest BCUT2D eigenvalue weighted by Gasteiger charge is 2.46. The Labute approximate surface area is 119 Å². The van der Waals surface area contributed by atoms with Crippen LogP contribution in [0, 0.1) is 20.8 Å². The molecule has 3 heteroatoms. The molecule has 1 unspecified atom stereocenters. The number of cyclic esters (lactones) is 1. The standard InChI is InChI=1S/C17H20O3/c1-9(2)17(6)15(18)14(16(19)20-17)13-11(4)7-10(3)8-12(13)5/h7-8,18H,1H2,2-6H3. The molecule has 1 N–H and O–H groups in total. The number of esters is 1. The fourth-order valence-corrected chi connectivity index (χ4v) is 2.70. The van der Waals surface area contributed by atoms with Crippen LogP contribution in [0.15, 0.2) is 30.0 Å². The van der Waals surface area contributed by atoms with Gasteiger partial charge in [-0.2, -0.15) is 0 Å². The van der Waals surface area contributed by atoms with Gasteiger partial charge in [0, 0.05) is 0 Å². The smallest absolute Gasteiger partial charge is 0.343 e. The Bertz CT molecular complexity index is 629. The summed E-state index contributed by atoms with van der Waals surface area (Å²) in [6, 6.07) is 3.98. The van der Waals surface area contributed by atoms with Gasteiger partial charge in [-0.3, -0.25) is 0 Å².